The molecule has 6 nitrogen and oxygen atoms in total. The third kappa shape index (κ3) is 6.89. The number of rotatable bonds is 6. The minimum absolute atomic E-state index is 0.197. The monoisotopic (exact) mass is 337 g/mol. The van der Waals surface area contributed by atoms with Gasteiger partial charge >= 0.3 is 12.1 Å². The number of aromatic hydroxyl groups is 1. The Balaban J connectivity index is 2.64. The number of alkyl carbamates (subject to hydrolysis) is 1. The third-order valence-electron chi connectivity index (χ3n) is 3.35. The zero-order valence-electron chi connectivity index (χ0n) is 15.1. The van der Waals surface area contributed by atoms with E-state index in [1.807, 2.05) is 39.8 Å². The number of carbonyl (C=O) groups is 2. The van der Waals surface area contributed by atoms with Gasteiger partial charge in [-0.15, -0.1) is 0 Å². The summed E-state index contributed by atoms with van der Waals surface area (Å²) in [5, 5.41) is 12.8. The van der Waals surface area contributed by atoms with Crippen molar-refractivity contribution in [2.75, 3.05) is 13.7 Å². The van der Waals surface area contributed by atoms with Crippen molar-refractivity contribution in [1.82, 2.24) is 5.32 Å². The third-order valence-corrected chi connectivity index (χ3v) is 3.35. The van der Waals surface area contributed by atoms with Crippen LogP contribution in [0.15, 0.2) is 12.1 Å². The Labute approximate surface area is 143 Å². The smallest absolute Gasteiger partial charge is 0.407 e. The number of phenols is 1. The van der Waals surface area contributed by atoms with Gasteiger partial charge in [-0.2, -0.15) is 0 Å². The molecule has 24 heavy (non-hydrogen) atoms. The first-order chi connectivity index (χ1) is 11.1. The molecule has 2 N–H and O–H groups in total. The van der Waals surface area contributed by atoms with Gasteiger partial charge in [-0.05, 0) is 57.2 Å². The second-order valence-corrected chi connectivity index (χ2v) is 6.68. The molecule has 0 aliphatic carbocycles. The summed E-state index contributed by atoms with van der Waals surface area (Å²) in [6.45, 7) is 7.66. The molecule has 1 aromatic rings. The van der Waals surface area contributed by atoms with Crippen LogP contribution in [0, 0.1) is 6.92 Å². The molecule has 134 valence electrons. The first kappa shape index (κ1) is 19.8. The van der Waals surface area contributed by atoms with Crippen molar-refractivity contribution in [3.05, 3.63) is 28.8 Å². The standard InChI is InChI=1S/C18H27NO5/c1-12-10-13(8-9-19-17(22)24-18(2,3)4)11-14(16(12)21)6-7-15(20)23-5/h10-11,21H,6-9H2,1-5H3,(H,19,22). The van der Waals surface area contributed by atoms with E-state index in [1.165, 1.54) is 7.11 Å². The average Bonchev–Trinajstić information content (AvgIpc) is 2.47. The topological polar surface area (TPSA) is 84.9 Å². The van der Waals surface area contributed by atoms with Crippen molar-refractivity contribution >= 4 is 12.1 Å². The second-order valence-electron chi connectivity index (χ2n) is 6.68. The molecule has 1 rings (SSSR count). The van der Waals surface area contributed by atoms with Crippen molar-refractivity contribution in [1.29, 1.82) is 0 Å². The second kappa shape index (κ2) is 8.57. The van der Waals surface area contributed by atoms with Gasteiger partial charge in [0.25, 0.3) is 0 Å². The van der Waals surface area contributed by atoms with Crippen molar-refractivity contribution < 1.29 is 24.2 Å². The molecule has 0 atom stereocenters. The average molecular weight is 337 g/mol. The molecule has 0 heterocycles. The largest absolute Gasteiger partial charge is 0.507 e. The molecule has 0 fully saturated rings. The Morgan fingerprint density at radius 3 is 2.46 bits per heavy atom. The van der Waals surface area contributed by atoms with Gasteiger partial charge in [0, 0.05) is 13.0 Å². The van der Waals surface area contributed by atoms with Gasteiger partial charge in [0.05, 0.1) is 7.11 Å². The highest BCUT2D eigenvalue weighted by molar-refractivity contribution is 5.69. The Hall–Kier alpha value is -2.24. The van der Waals surface area contributed by atoms with E-state index < -0.39 is 11.7 Å². The first-order valence-electron chi connectivity index (χ1n) is 7.97. The van der Waals surface area contributed by atoms with E-state index >= 15 is 0 Å². The van der Waals surface area contributed by atoms with Crippen molar-refractivity contribution in [2.45, 2.75) is 52.6 Å². The molecular weight excluding hydrogens is 310 g/mol. The number of ether oxygens (including phenoxy) is 2. The summed E-state index contributed by atoms with van der Waals surface area (Å²) in [5.41, 5.74) is 1.89. The van der Waals surface area contributed by atoms with Crippen LogP contribution in [0.4, 0.5) is 4.79 Å². The van der Waals surface area contributed by atoms with Crippen molar-refractivity contribution in [2.24, 2.45) is 0 Å². The maximum Gasteiger partial charge on any atom is 0.407 e. The number of benzene rings is 1. The quantitative estimate of drug-likeness (QED) is 0.780. The predicted octanol–water partition coefficient (Wildman–Crippen LogP) is 2.87. The van der Waals surface area contributed by atoms with Crippen LogP contribution >= 0.6 is 0 Å². The Morgan fingerprint density at radius 2 is 1.88 bits per heavy atom. The van der Waals surface area contributed by atoms with E-state index in [1.54, 1.807) is 0 Å². The van der Waals surface area contributed by atoms with Crippen LogP contribution in [0.2, 0.25) is 0 Å². The lowest BCUT2D eigenvalue weighted by Crippen LogP contribution is -2.33. The number of hydrogen-bond donors (Lipinski definition) is 2. The highest BCUT2D eigenvalue weighted by Crippen LogP contribution is 2.25. The normalized spacial score (nSPS) is 11.0. The van der Waals surface area contributed by atoms with Gasteiger partial charge in [-0.25, -0.2) is 4.79 Å². The maximum atomic E-state index is 11.6. The molecule has 0 spiro atoms. The van der Waals surface area contributed by atoms with Crippen LogP contribution in [-0.4, -0.2) is 36.4 Å². The number of nitrogens with one attached hydrogen (secondary N) is 1. The maximum absolute atomic E-state index is 11.6. The Kier molecular flexibility index (Phi) is 7.07. The van der Waals surface area contributed by atoms with E-state index in [4.69, 9.17) is 4.74 Å². The van der Waals surface area contributed by atoms with Gasteiger partial charge in [-0.3, -0.25) is 4.79 Å². The predicted molar refractivity (Wildman–Crippen MR) is 91.1 cm³/mol. The molecule has 0 unspecified atom stereocenters. The molecular formula is C18H27NO5. The summed E-state index contributed by atoms with van der Waals surface area (Å²) >= 11 is 0. The lowest BCUT2D eigenvalue weighted by Gasteiger charge is -2.19. The van der Waals surface area contributed by atoms with E-state index in [-0.39, 0.29) is 18.1 Å². The number of esters is 1. The highest BCUT2D eigenvalue weighted by atomic mass is 16.6. The minimum Gasteiger partial charge on any atom is -0.507 e. The van der Waals surface area contributed by atoms with E-state index in [0.717, 1.165) is 11.1 Å². The number of methoxy groups -OCH3 is 1. The van der Waals surface area contributed by atoms with Gasteiger partial charge < -0.3 is 19.9 Å². The molecule has 0 aliphatic heterocycles. The summed E-state index contributed by atoms with van der Waals surface area (Å²) < 4.78 is 9.80. The van der Waals surface area contributed by atoms with Gasteiger partial charge in [-0.1, -0.05) is 12.1 Å². The molecule has 0 saturated heterocycles. The number of hydrogen-bond acceptors (Lipinski definition) is 5. The van der Waals surface area contributed by atoms with Crippen LogP contribution in [0.1, 0.15) is 43.9 Å². The lowest BCUT2D eigenvalue weighted by molar-refractivity contribution is -0.140. The van der Waals surface area contributed by atoms with Crippen LogP contribution in [0.5, 0.6) is 5.75 Å². The fraction of sp³-hybridized carbons (Fsp3) is 0.556. The first-order valence-corrected chi connectivity index (χ1v) is 7.97. The Bertz CT molecular complexity index is 590. The summed E-state index contributed by atoms with van der Waals surface area (Å²) in [4.78, 5) is 22.9. The van der Waals surface area contributed by atoms with E-state index in [9.17, 15) is 14.7 Å². The van der Waals surface area contributed by atoms with Crippen LogP contribution in [-0.2, 0) is 27.1 Å². The zero-order valence-corrected chi connectivity index (χ0v) is 15.1. The zero-order chi connectivity index (χ0) is 18.3. The summed E-state index contributed by atoms with van der Waals surface area (Å²) in [7, 11) is 1.34. The number of amides is 1. The molecule has 1 amide bonds. The van der Waals surface area contributed by atoms with Crippen molar-refractivity contribution in [3.8, 4) is 5.75 Å². The summed E-state index contributed by atoms with van der Waals surface area (Å²) in [6.07, 6.45) is 0.769. The van der Waals surface area contributed by atoms with Gasteiger partial charge in [0.2, 0.25) is 0 Å². The molecule has 0 saturated carbocycles. The highest BCUT2D eigenvalue weighted by Gasteiger charge is 2.15. The van der Waals surface area contributed by atoms with E-state index in [0.29, 0.717) is 24.9 Å². The number of carbonyl (C=O) groups excluding carboxylic acids is 2. The van der Waals surface area contributed by atoms with E-state index in [2.05, 4.69) is 10.1 Å². The van der Waals surface area contributed by atoms with Crippen LogP contribution in [0.25, 0.3) is 0 Å². The lowest BCUT2D eigenvalue weighted by atomic mass is 9.99. The van der Waals surface area contributed by atoms with Crippen molar-refractivity contribution in [3.63, 3.8) is 0 Å². The number of phenolic OH excluding ortho intramolecular Hbond substituents is 1. The number of aryl methyl sites for hydroxylation is 2. The molecule has 1 aromatic carbocycles. The molecule has 6 heteroatoms. The SMILES string of the molecule is COC(=O)CCc1cc(CCNC(=O)OC(C)(C)C)cc(C)c1O. The van der Waals surface area contributed by atoms with Crippen LogP contribution < -0.4 is 5.32 Å². The Morgan fingerprint density at radius 1 is 1.21 bits per heavy atom. The van der Waals surface area contributed by atoms with Gasteiger partial charge in [0.1, 0.15) is 11.4 Å². The fourth-order valence-corrected chi connectivity index (χ4v) is 2.23. The molecule has 0 bridgehead atoms. The molecule has 0 radical (unpaired) electrons. The fourth-order valence-electron chi connectivity index (χ4n) is 2.23. The summed E-state index contributed by atoms with van der Waals surface area (Å²) in [6, 6.07) is 3.72. The minimum atomic E-state index is -0.528. The molecule has 0 aliphatic rings. The molecule has 0 aromatic heterocycles. The van der Waals surface area contributed by atoms with Gasteiger partial charge in [0.15, 0.2) is 0 Å². The summed E-state index contributed by atoms with van der Waals surface area (Å²) in [5.74, 6) is -0.119. The van der Waals surface area contributed by atoms with Crippen LogP contribution in [0.3, 0.4) is 0 Å².